The van der Waals surface area contributed by atoms with E-state index in [2.05, 4.69) is 20.8 Å². The van der Waals surface area contributed by atoms with Crippen LogP contribution in [0, 0.1) is 17.8 Å². The zero-order valence-corrected chi connectivity index (χ0v) is 16.5. The molecule has 5 heteroatoms. The van der Waals surface area contributed by atoms with Gasteiger partial charge in [0.2, 0.25) is 0 Å². The molecule has 0 bridgehead atoms. The maximum absolute atomic E-state index is 12.2. The van der Waals surface area contributed by atoms with Crippen molar-refractivity contribution in [2.45, 2.75) is 46.1 Å². The van der Waals surface area contributed by atoms with Crippen molar-refractivity contribution >= 4 is 17.6 Å². The lowest BCUT2D eigenvalue weighted by molar-refractivity contribution is -0.159. The van der Waals surface area contributed by atoms with Crippen LogP contribution in [0.15, 0.2) is 24.3 Å². The van der Waals surface area contributed by atoms with Crippen LogP contribution < -0.4 is 4.90 Å². The van der Waals surface area contributed by atoms with Crippen molar-refractivity contribution in [1.82, 2.24) is 0 Å². The van der Waals surface area contributed by atoms with Gasteiger partial charge in [-0.3, -0.25) is 0 Å². The van der Waals surface area contributed by atoms with Crippen LogP contribution in [0.5, 0.6) is 0 Å². The average Bonchev–Trinajstić information content (AvgIpc) is 2.59. The molecule has 1 aromatic rings. The zero-order valence-electron chi connectivity index (χ0n) is 16.5. The molecule has 0 aromatic heterocycles. The molecule has 5 nitrogen and oxygen atoms in total. The highest BCUT2D eigenvalue weighted by Gasteiger charge is 2.33. The Kier molecular flexibility index (Phi) is 7.06. The van der Waals surface area contributed by atoms with E-state index in [1.165, 1.54) is 6.42 Å². The van der Waals surface area contributed by atoms with Gasteiger partial charge < -0.3 is 14.4 Å². The number of esters is 2. The monoisotopic (exact) mass is 361 g/mol. The number of carbonyl (C=O) groups excluding carboxylic acids is 2. The summed E-state index contributed by atoms with van der Waals surface area (Å²) in [5, 5.41) is 0. The highest BCUT2D eigenvalue weighted by molar-refractivity contribution is 5.91. The molecule has 0 heterocycles. The lowest BCUT2D eigenvalue weighted by Crippen LogP contribution is -2.36. The molecule has 1 fully saturated rings. The summed E-state index contributed by atoms with van der Waals surface area (Å²) < 4.78 is 10.8. The number of nitrogens with zero attached hydrogens (tertiary/aromatic N) is 1. The van der Waals surface area contributed by atoms with Gasteiger partial charge in [0.1, 0.15) is 6.10 Å². The number of hydrogen-bond donors (Lipinski definition) is 0. The van der Waals surface area contributed by atoms with Gasteiger partial charge in [-0.25, -0.2) is 9.59 Å². The molecule has 1 aromatic carbocycles. The van der Waals surface area contributed by atoms with Gasteiger partial charge in [-0.1, -0.05) is 33.3 Å². The molecule has 26 heavy (non-hydrogen) atoms. The molecule has 144 valence electrons. The number of benzene rings is 1. The van der Waals surface area contributed by atoms with E-state index in [0.717, 1.165) is 18.5 Å². The first-order valence-electron chi connectivity index (χ1n) is 9.42. The smallest absolute Gasteiger partial charge is 0.344 e. The lowest BCUT2D eigenvalue weighted by Gasteiger charge is -2.36. The fraction of sp³-hybridized carbons (Fsp3) is 0.619. The maximum atomic E-state index is 12.2. The summed E-state index contributed by atoms with van der Waals surface area (Å²) in [5.41, 5.74) is 1.33. The maximum Gasteiger partial charge on any atom is 0.344 e. The van der Waals surface area contributed by atoms with Gasteiger partial charge in [0.15, 0.2) is 6.61 Å². The van der Waals surface area contributed by atoms with Gasteiger partial charge in [0.25, 0.3) is 0 Å². The third kappa shape index (κ3) is 5.48. The predicted octanol–water partition coefficient (Wildman–Crippen LogP) is 3.91. The third-order valence-corrected chi connectivity index (χ3v) is 5.16. The van der Waals surface area contributed by atoms with E-state index in [-0.39, 0.29) is 12.7 Å². The second-order valence-corrected chi connectivity index (χ2v) is 7.88. The predicted molar refractivity (Wildman–Crippen MR) is 102 cm³/mol. The van der Waals surface area contributed by atoms with E-state index in [1.807, 2.05) is 25.1 Å². The summed E-state index contributed by atoms with van der Waals surface area (Å²) >= 11 is 0. The first-order chi connectivity index (χ1) is 12.3. The largest absolute Gasteiger partial charge is 0.460 e. The van der Waals surface area contributed by atoms with Crippen molar-refractivity contribution in [3.05, 3.63) is 29.8 Å². The van der Waals surface area contributed by atoms with Gasteiger partial charge in [-0.05, 0) is 48.8 Å². The Morgan fingerprint density at radius 1 is 1.23 bits per heavy atom. The number of ether oxygens (including phenoxy) is 2. The van der Waals surface area contributed by atoms with Crippen LogP contribution in [0.25, 0.3) is 0 Å². The molecule has 1 aliphatic carbocycles. The fourth-order valence-electron chi connectivity index (χ4n) is 3.57. The summed E-state index contributed by atoms with van der Waals surface area (Å²) in [6, 6.07) is 7.12. The van der Waals surface area contributed by atoms with E-state index in [4.69, 9.17) is 9.47 Å². The molecular formula is C21H31NO4. The van der Waals surface area contributed by atoms with Gasteiger partial charge in [0.05, 0.1) is 5.56 Å². The third-order valence-electron chi connectivity index (χ3n) is 5.16. The van der Waals surface area contributed by atoms with E-state index in [1.54, 1.807) is 18.2 Å². The topological polar surface area (TPSA) is 55.8 Å². The Bertz CT molecular complexity index is 626. The SMILES string of the molecule is CC(C)[C@@H]1CC[C@@H](C)C[C@@H]1OC(=O)COC(=O)c1cccc(N(C)C)c1. The van der Waals surface area contributed by atoms with Crippen molar-refractivity contribution in [3.8, 4) is 0 Å². The standard InChI is InChI=1S/C21H31NO4/c1-14(2)18-10-9-15(3)11-19(18)26-20(23)13-25-21(24)16-7-6-8-17(12-16)22(4)5/h6-8,12,14-15,18-19H,9-11,13H2,1-5H3/t15-,18+,19+/m1/s1. The summed E-state index contributed by atoms with van der Waals surface area (Å²) in [4.78, 5) is 26.3. The molecule has 0 unspecified atom stereocenters. The van der Waals surface area contributed by atoms with Crippen molar-refractivity contribution in [3.63, 3.8) is 0 Å². The first kappa shape index (κ1) is 20.3. The van der Waals surface area contributed by atoms with Crippen LogP contribution in [0.4, 0.5) is 5.69 Å². The first-order valence-corrected chi connectivity index (χ1v) is 9.42. The van der Waals surface area contributed by atoms with Crippen LogP contribution in [-0.2, 0) is 14.3 Å². The van der Waals surface area contributed by atoms with Crippen LogP contribution >= 0.6 is 0 Å². The molecule has 3 atom stereocenters. The van der Waals surface area contributed by atoms with Gasteiger partial charge in [-0.15, -0.1) is 0 Å². The number of carbonyl (C=O) groups is 2. The Balaban J connectivity index is 1.89. The summed E-state index contributed by atoms with van der Waals surface area (Å²) in [6.45, 7) is 6.17. The summed E-state index contributed by atoms with van der Waals surface area (Å²) in [7, 11) is 3.80. The van der Waals surface area contributed by atoms with Crippen LogP contribution in [0.1, 0.15) is 50.4 Å². The average molecular weight is 361 g/mol. The molecule has 0 saturated heterocycles. The van der Waals surface area contributed by atoms with E-state index in [9.17, 15) is 9.59 Å². The number of anilines is 1. The summed E-state index contributed by atoms with van der Waals surface area (Å²) in [5.74, 6) is 0.424. The second-order valence-electron chi connectivity index (χ2n) is 7.88. The molecule has 0 radical (unpaired) electrons. The highest BCUT2D eigenvalue weighted by atomic mass is 16.6. The Labute approximate surface area is 156 Å². The molecule has 1 aliphatic rings. The molecule has 0 N–H and O–H groups in total. The minimum absolute atomic E-state index is 0.0815. The normalized spacial score (nSPS) is 22.8. The van der Waals surface area contributed by atoms with E-state index >= 15 is 0 Å². The minimum atomic E-state index is -0.511. The van der Waals surface area contributed by atoms with E-state index in [0.29, 0.717) is 23.3 Å². The quantitative estimate of drug-likeness (QED) is 0.719. The Hall–Kier alpha value is -2.04. The van der Waals surface area contributed by atoms with Gasteiger partial charge >= 0.3 is 11.9 Å². The lowest BCUT2D eigenvalue weighted by atomic mass is 9.75. The van der Waals surface area contributed by atoms with Crippen molar-refractivity contribution in [2.75, 3.05) is 25.6 Å². The molecule has 0 amide bonds. The Morgan fingerprint density at radius 2 is 1.96 bits per heavy atom. The second kappa shape index (κ2) is 9.06. The van der Waals surface area contributed by atoms with Crippen LogP contribution in [0.2, 0.25) is 0 Å². The van der Waals surface area contributed by atoms with Crippen molar-refractivity contribution in [2.24, 2.45) is 17.8 Å². The zero-order chi connectivity index (χ0) is 19.3. The van der Waals surface area contributed by atoms with Crippen molar-refractivity contribution < 1.29 is 19.1 Å². The van der Waals surface area contributed by atoms with Crippen molar-refractivity contribution in [1.29, 1.82) is 0 Å². The number of rotatable bonds is 6. The fourth-order valence-corrected chi connectivity index (χ4v) is 3.57. The molecular weight excluding hydrogens is 330 g/mol. The van der Waals surface area contributed by atoms with Gasteiger partial charge in [0, 0.05) is 19.8 Å². The van der Waals surface area contributed by atoms with Crippen LogP contribution in [-0.4, -0.2) is 38.7 Å². The highest BCUT2D eigenvalue weighted by Crippen LogP contribution is 2.35. The minimum Gasteiger partial charge on any atom is -0.460 e. The molecule has 0 aliphatic heterocycles. The van der Waals surface area contributed by atoms with Crippen LogP contribution in [0.3, 0.4) is 0 Å². The van der Waals surface area contributed by atoms with Gasteiger partial charge in [-0.2, -0.15) is 0 Å². The molecule has 1 saturated carbocycles. The number of hydrogen-bond acceptors (Lipinski definition) is 5. The summed E-state index contributed by atoms with van der Waals surface area (Å²) in [6.07, 6.45) is 3.05. The van der Waals surface area contributed by atoms with E-state index < -0.39 is 11.9 Å². The Morgan fingerprint density at radius 3 is 2.62 bits per heavy atom. The molecule has 2 rings (SSSR count). The molecule has 0 spiro atoms.